The number of hydrogen-bond acceptors (Lipinski definition) is 3. The number of nitrogens with zero attached hydrogens (tertiary/aromatic N) is 1. The first kappa shape index (κ1) is 16.1. The highest BCUT2D eigenvalue weighted by molar-refractivity contribution is 6.42. The van der Waals surface area contributed by atoms with Crippen LogP contribution in [0.3, 0.4) is 0 Å². The first-order valence-electron chi connectivity index (χ1n) is 7.01. The van der Waals surface area contributed by atoms with Crippen LogP contribution in [0.25, 0.3) is 0 Å². The van der Waals surface area contributed by atoms with E-state index in [1.807, 2.05) is 0 Å². The monoisotopic (exact) mass is 317 g/mol. The highest BCUT2D eigenvalue weighted by atomic mass is 35.5. The summed E-state index contributed by atoms with van der Waals surface area (Å²) in [4.78, 5) is 2.19. The lowest BCUT2D eigenvalue weighted by atomic mass is 9.95. The highest BCUT2D eigenvalue weighted by Crippen LogP contribution is 2.31. The van der Waals surface area contributed by atoms with E-state index in [1.165, 1.54) is 0 Å². The maximum absolute atomic E-state index is 10.2. The van der Waals surface area contributed by atoms with Crippen molar-refractivity contribution in [2.75, 3.05) is 19.6 Å². The second kappa shape index (κ2) is 7.10. The van der Waals surface area contributed by atoms with Gasteiger partial charge in [0.25, 0.3) is 0 Å². The minimum atomic E-state index is -0.627. The van der Waals surface area contributed by atoms with E-state index in [0.29, 0.717) is 34.5 Å². The molecule has 2 rings (SSSR count). The molecule has 3 nitrogen and oxygen atoms in total. The van der Waals surface area contributed by atoms with Gasteiger partial charge in [0.2, 0.25) is 0 Å². The number of benzene rings is 1. The van der Waals surface area contributed by atoms with Gasteiger partial charge in [-0.3, -0.25) is 0 Å². The lowest BCUT2D eigenvalue weighted by Gasteiger charge is -2.34. The molecule has 0 saturated carbocycles. The Morgan fingerprint density at radius 3 is 2.85 bits per heavy atom. The third-order valence-corrected chi connectivity index (χ3v) is 4.90. The van der Waals surface area contributed by atoms with Gasteiger partial charge >= 0.3 is 0 Å². The molecular formula is C15H21Cl2NO2. The second-order valence-electron chi connectivity index (χ2n) is 5.58. The predicted octanol–water partition coefficient (Wildman–Crippen LogP) is 3.12. The van der Waals surface area contributed by atoms with E-state index in [0.717, 1.165) is 19.5 Å². The summed E-state index contributed by atoms with van der Waals surface area (Å²) >= 11 is 12.1. The maximum atomic E-state index is 10.2. The molecule has 5 heteroatoms. The number of aliphatic hydroxyl groups is 2. The topological polar surface area (TPSA) is 43.7 Å². The van der Waals surface area contributed by atoms with Gasteiger partial charge in [-0.05, 0) is 31.4 Å². The number of piperidine rings is 1. The smallest absolute Gasteiger partial charge is 0.0817 e. The minimum Gasteiger partial charge on any atom is -0.392 e. The molecule has 1 saturated heterocycles. The van der Waals surface area contributed by atoms with Crippen molar-refractivity contribution >= 4 is 23.2 Å². The van der Waals surface area contributed by atoms with Gasteiger partial charge in [0.05, 0.1) is 22.3 Å². The molecule has 1 aromatic carbocycles. The van der Waals surface area contributed by atoms with Crippen molar-refractivity contribution < 1.29 is 10.2 Å². The summed E-state index contributed by atoms with van der Waals surface area (Å²) in [6.45, 7) is 4.46. The number of halogens is 2. The van der Waals surface area contributed by atoms with Crippen LogP contribution >= 0.6 is 23.2 Å². The van der Waals surface area contributed by atoms with E-state index in [4.69, 9.17) is 23.2 Å². The average molecular weight is 318 g/mol. The molecular weight excluding hydrogens is 297 g/mol. The number of aliphatic hydroxyl groups excluding tert-OH is 2. The Labute approximate surface area is 130 Å². The van der Waals surface area contributed by atoms with Gasteiger partial charge in [0.1, 0.15) is 0 Å². The van der Waals surface area contributed by atoms with Crippen LogP contribution in [0.5, 0.6) is 0 Å². The zero-order valence-electron chi connectivity index (χ0n) is 11.6. The molecule has 0 spiro atoms. The summed E-state index contributed by atoms with van der Waals surface area (Å²) in [5.41, 5.74) is 0.671. The summed E-state index contributed by atoms with van der Waals surface area (Å²) in [6.07, 6.45) is 0.685. The van der Waals surface area contributed by atoms with Crippen molar-refractivity contribution in [2.24, 2.45) is 5.92 Å². The summed E-state index contributed by atoms with van der Waals surface area (Å²) in [7, 11) is 0. The van der Waals surface area contributed by atoms with Crippen molar-refractivity contribution in [2.45, 2.75) is 32.0 Å². The lowest BCUT2D eigenvalue weighted by Crippen LogP contribution is -2.43. The van der Waals surface area contributed by atoms with Crippen molar-refractivity contribution in [3.63, 3.8) is 0 Å². The van der Waals surface area contributed by atoms with Crippen LogP contribution in [0.4, 0.5) is 0 Å². The zero-order valence-corrected chi connectivity index (χ0v) is 13.1. The van der Waals surface area contributed by atoms with Crippen LogP contribution < -0.4 is 0 Å². The molecule has 1 fully saturated rings. The molecule has 0 amide bonds. The van der Waals surface area contributed by atoms with E-state index in [9.17, 15) is 10.2 Å². The Bertz CT molecular complexity index is 455. The highest BCUT2D eigenvalue weighted by Gasteiger charge is 2.24. The van der Waals surface area contributed by atoms with Crippen LogP contribution in [0.15, 0.2) is 18.2 Å². The fourth-order valence-electron chi connectivity index (χ4n) is 2.56. The quantitative estimate of drug-likeness (QED) is 0.896. The molecule has 20 heavy (non-hydrogen) atoms. The first-order valence-corrected chi connectivity index (χ1v) is 7.77. The van der Waals surface area contributed by atoms with Gasteiger partial charge in [0.15, 0.2) is 0 Å². The van der Waals surface area contributed by atoms with Crippen LogP contribution in [0, 0.1) is 5.92 Å². The summed E-state index contributed by atoms with van der Waals surface area (Å²) in [5.74, 6) is 0.360. The Hall–Kier alpha value is -0.320. The molecule has 1 aliphatic rings. The average Bonchev–Trinajstić information content (AvgIpc) is 2.43. The van der Waals surface area contributed by atoms with E-state index >= 15 is 0 Å². The number of likely N-dealkylation sites (tertiary alicyclic amines) is 1. The van der Waals surface area contributed by atoms with Crippen LogP contribution in [0.1, 0.15) is 31.4 Å². The van der Waals surface area contributed by atoms with Crippen LogP contribution in [-0.4, -0.2) is 40.9 Å². The third kappa shape index (κ3) is 3.86. The molecule has 2 N–H and O–H groups in total. The molecule has 3 atom stereocenters. The Balaban J connectivity index is 1.89. The van der Waals surface area contributed by atoms with Crippen molar-refractivity contribution in [3.05, 3.63) is 33.8 Å². The van der Waals surface area contributed by atoms with Gasteiger partial charge in [-0.1, -0.05) is 42.3 Å². The standard InChI is InChI=1S/C15H21Cl2NO2/c1-10-5-7-18(9-14(10)20)8-6-13(19)11-3-2-4-12(16)15(11)17/h2-4,10,13-14,19-20H,5-9H2,1H3. The summed E-state index contributed by atoms with van der Waals surface area (Å²) in [5, 5.41) is 21.0. The molecule has 1 aromatic rings. The molecule has 1 aliphatic heterocycles. The van der Waals surface area contributed by atoms with Gasteiger partial charge in [-0.25, -0.2) is 0 Å². The van der Waals surface area contributed by atoms with E-state index in [2.05, 4.69) is 11.8 Å². The minimum absolute atomic E-state index is 0.268. The van der Waals surface area contributed by atoms with Gasteiger partial charge in [0, 0.05) is 18.7 Å². The van der Waals surface area contributed by atoms with Crippen molar-refractivity contribution in [1.29, 1.82) is 0 Å². The van der Waals surface area contributed by atoms with E-state index < -0.39 is 6.10 Å². The number of hydrogen-bond donors (Lipinski definition) is 2. The molecule has 1 heterocycles. The molecule has 112 valence electrons. The van der Waals surface area contributed by atoms with Gasteiger partial charge in [-0.2, -0.15) is 0 Å². The van der Waals surface area contributed by atoms with Crippen molar-refractivity contribution in [1.82, 2.24) is 4.90 Å². The summed E-state index contributed by atoms with van der Waals surface area (Å²) in [6, 6.07) is 5.30. The van der Waals surface area contributed by atoms with E-state index in [1.54, 1.807) is 18.2 Å². The Kier molecular flexibility index (Phi) is 5.70. The normalized spacial score (nSPS) is 25.6. The predicted molar refractivity (Wildman–Crippen MR) is 82.3 cm³/mol. The lowest BCUT2D eigenvalue weighted by molar-refractivity contribution is 0.0226. The maximum Gasteiger partial charge on any atom is 0.0817 e. The van der Waals surface area contributed by atoms with Crippen LogP contribution in [-0.2, 0) is 0 Å². The zero-order chi connectivity index (χ0) is 14.7. The first-order chi connectivity index (χ1) is 9.49. The largest absolute Gasteiger partial charge is 0.392 e. The third-order valence-electron chi connectivity index (χ3n) is 4.06. The van der Waals surface area contributed by atoms with Gasteiger partial charge in [-0.15, -0.1) is 0 Å². The van der Waals surface area contributed by atoms with Crippen molar-refractivity contribution in [3.8, 4) is 0 Å². The Morgan fingerprint density at radius 2 is 2.15 bits per heavy atom. The van der Waals surface area contributed by atoms with Gasteiger partial charge < -0.3 is 15.1 Å². The molecule has 0 bridgehead atoms. The Morgan fingerprint density at radius 1 is 1.40 bits per heavy atom. The second-order valence-corrected chi connectivity index (χ2v) is 6.37. The SMILES string of the molecule is CC1CCN(CCC(O)c2cccc(Cl)c2Cl)CC1O. The molecule has 0 aliphatic carbocycles. The summed E-state index contributed by atoms with van der Waals surface area (Å²) < 4.78 is 0. The van der Waals surface area contributed by atoms with E-state index in [-0.39, 0.29) is 6.10 Å². The molecule has 3 unspecified atom stereocenters. The molecule has 0 radical (unpaired) electrons. The number of rotatable bonds is 4. The molecule has 0 aromatic heterocycles. The fourth-order valence-corrected chi connectivity index (χ4v) is 2.99. The fraction of sp³-hybridized carbons (Fsp3) is 0.600. The number of β-amino-alcohol motifs (C(OH)–C–C–N with tert-alkyl or cyclic N) is 1. The van der Waals surface area contributed by atoms with Crippen LogP contribution in [0.2, 0.25) is 10.0 Å².